The molecular formula is C9H12BrClN2O3. The first-order valence-corrected chi connectivity index (χ1v) is 4.98. The molecule has 1 aromatic carbocycles. The molecule has 0 bridgehead atoms. The Morgan fingerprint density at radius 2 is 2.06 bits per heavy atom. The van der Waals surface area contributed by atoms with Crippen LogP contribution in [-0.4, -0.2) is 22.7 Å². The van der Waals surface area contributed by atoms with Gasteiger partial charge in [0, 0.05) is 22.6 Å². The first-order valence-electron chi connectivity index (χ1n) is 4.19. The van der Waals surface area contributed by atoms with Crippen molar-refractivity contribution in [3.05, 3.63) is 27.7 Å². The monoisotopic (exact) mass is 310 g/mol. The zero-order valence-corrected chi connectivity index (χ0v) is 10.6. The molecule has 16 heavy (non-hydrogen) atoms. The van der Waals surface area contributed by atoms with Gasteiger partial charge in [-0.05, 0) is 12.1 Å². The molecule has 0 aliphatic carbocycles. The van der Waals surface area contributed by atoms with Gasteiger partial charge < -0.3 is 21.7 Å². The highest BCUT2D eigenvalue weighted by atomic mass is 79.9. The number of aromatic carboxylic acids is 1. The summed E-state index contributed by atoms with van der Waals surface area (Å²) in [6.07, 6.45) is 0. The van der Waals surface area contributed by atoms with Crippen molar-refractivity contribution in [2.75, 3.05) is 6.54 Å². The van der Waals surface area contributed by atoms with Crippen LogP contribution in [0.15, 0.2) is 16.6 Å². The number of aromatic hydroxyl groups is 1. The van der Waals surface area contributed by atoms with E-state index in [4.69, 9.17) is 16.6 Å². The maximum atomic E-state index is 10.7. The lowest BCUT2D eigenvalue weighted by Crippen LogP contribution is -2.21. The molecule has 0 aliphatic heterocycles. The summed E-state index contributed by atoms with van der Waals surface area (Å²) in [5.74, 6) is -1.54. The van der Waals surface area contributed by atoms with Gasteiger partial charge in [-0.3, -0.25) is 0 Å². The Kier molecular flexibility index (Phi) is 5.74. The van der Waals surface area contributed by atoms with Crippen molar-refractivity contribution in [3.63, 3.8) is 0 Å². The van der Waals surface area contributed by atoms with E-state index in [2.05, 4.69) is 15.9 Å². The minimum Gasteiger partial charge on any atom is -0.507 e. The maximum absolute atomic E-state index is 10.7. The maximum Gasteiger partial charge on any atom is 0.339 e. The molecular weight excluding hydrogens is 299 g/mol. The van der Waals surface area contributed by atoms with E-state index in [9.17, 15) is 9.90 Å². The molecule has 1 atom stereocenters. The summed E-state index contributed by atoms with van der Waals surface area (Å²) >= 11 is 3.18. The van der Waals surface area contributed by atoms with E-state index in [1.807, 2.05) is 0 Å². The predicted octanol–water partition coefficient (Wildman–Crippen LogP) is 1.23. The van der Waals surface area contributed by atoms with E-state index in [-0.39, 0.29) is 30.3 Å². The topological polar surface area (TPSA) is 110 Å². The van der Waals surface area contributed by atoms with E-state index < -0.39 is 12.0 Å². The van der Waals surface area contributed by atoms with Crippen LogP contribution in [0.3, 0.4) is 0 Å². The molecule has 1 rings (SSSR count). The zero-order valence-electron chi connectivity index (χ0n) is 8.18. The van der Waals surface area contributed by atoms with Gasteiger partial charge in [0.15, 0.2) is 0 Å². The Morgan fingerprint density at radius 1 is 1.50 bits per heavy atom. The summed E-state index contributed by atoms with van der Waals surface area (Å²) < 4.78 is 0.544. The molecule has 0 fully saturated rings. The Balaban J connectivity index is 0.00000225. The number of phenols is 1. The van der Waals surface area contributed by atoms with Gasteiger partial charge >= 0.3 is 5.97 Å². The van der Waals surface area contributed by atoms with E-state index in [1.54, 1.807) is 0 Å². The highest BCUT2D eigenvalue weighted by Gasteiger charge is 2.19. The van der Waals surface area contributed by atoms with Crippen LogP contribution in [0.5, 0.6) is 5.75 Å². The lowest BCUT2D eigenvalue weighted by atomic mass is 10.0. The first-order chi connectivity index (χ1) is 6.99. The molecule has 6 N–H and O–H groups in total. The number of halogens is 2. The molecule has 0 aromatic heterocycles. The van der Waals surface area contributed by atoms with Crippen molar-refractivity contribution in [2.24, 2.45) is 11.5 Å². The van der Waals surface area contributed by atoms with Crippen LogP contribution >= 0.6 is 28.3 Å². The molecule has 0 saturated heterocycles. The third-order valence-electron chi connectivity index (χ3n) is 2.02. The normalized spacial score (nSPS) is 11.7. The molecule has 0 radical (unpaired) electrons. The van der Waals surface area contributed by atoms with Gasteiger partial charge in [0.05, 0.1) is 0 Å². The van der Waals surface area contributed by atoms with Gasteiger partial charge in [-0.2, -0.15) is 0 Å². The standard InChI is InChI=1S/C9H11BrN2O3.ClH/c10-5-2-1-4(9(14)15)8(13)7(5)6(12)3-11;/h1-2,6,13H,3,11-12H2,(H,14,15);1H/t6-;/m0./s1. The van der Waals surface area contributed by atoms with Gasteiger partial charge in [-0.15, -0.1) is 12.4 Å². The average molecular weight is 312 g/mol. The molecule has 0 aliphatic rings. The van der Waals surface area contributed by atoms with E-state index in [0.29, 0.717) is 10.0 Å². The summed E-state index contributed by atoms with van der Waals surface area (Å²) in [5, 5.41) is 18.5. The summed E-state index contributed by atoms with van der Waals surface area (Å²) in [6, 6.07) is 2.22. The number of hydrogen-bond donors (Lipinski definition) is 4. The lowest BCUT2D eigenvalue weighted by molar-refractivity contribution is 0.0693. The molecule has 1 aromatic rings. The van der Waals surface area contributed by atoms with E-state index >= 15 is 0 Å². The molecule has 0 unspecified atom stereocenters. The average Bonchev–Trinajstić information content (AvgIpc) is 2.16. The highest BCUT2D eigenvalue weighted by molar-refractivity contribution is 9.10. The minimum atomic E-state index is -1.20. The van der Waals surface area contributed by atoms with Gasteiger partial charge in [0.25, 0.3) is 0 Å². The van der Waals surface area contributed by atoms with Crippen LogP contribution in [0.1, 0.15) is 22.0 Å². The van der Waals surface area contributed by atoms with Crippen LogP contribution in [-0.2, 0) is 0 Å². The second kappa shape index (κ2) is 6.05. The van der Waals surface area contributed by atoms with Crippen LogP contribution < -0.4 is 11.5 Å². The van der Waals surface area contributed by atoms with Crippen molar-refractivity contribution >= 4 is 34.3 Å². The molecule has 0 heterocycles. The lowest BCUT2D eigenvalue weighted by Gasteiger charge is -2.14. The van der Waals surface area contributed by atoms with E-state index in [0.717, 1.165) is 0 Å². The van der Waals surface area contributed by atoms with Gasteiger partial charge in [-0.1, -0.05) is 15.9 Å². The van der Waals surface area contributed by atoms with Gasteiger partial charge in [0.1, 0.15) is 11.3 Å². The van der Waals surface area contributed by atoms with Crippen molar-refractivity contribution in [3.8, 4) is 5.75 Å². The van der Waals surface area contributed by atoms with E-state index in [1.165, 1.54) is 12.1 Å². The molecule has 7 heteroatoms. The number of nitrogens with two attached hydrogens (primary N) is 2. The third kappa shape index (κ3) is 2.85. The van der Waals surface area contributed by atoms with Crippen molar-refractivity contribution < 1.29 is 15.0 Å². The molecule has 5 nitrogen and oxygen atoms in total. The Labute approximate surface area is 107 Å². The molecule has 0 saturated carbocycles. The van der Waals surface area contributed by atoms with Crippen molar-refractivity contribution in [1.82, 2.24) is 0 Å². The third-order valence-corrected chi connectivity index (χ3v) is 2.71. The summed E-state index contributed by atoms with van der Waals surface area (Å²) in [6.45, 7) is 0.120. The molecule has 0 spiro atoms. The molecule has 0 amide bonds. The first kappa shape index (κ1) is 15.2. The fourth-order valence-electron chi connectivity index (χ4n) is 1.23. The van der Waals surface area contributed by atoms with Crippen molar-refractivity contribution in [2.45, 2.75) is 6.04 Å². The predicted molar refractivity (Wildman–Crippen MR) is 66.0 cm³/mol. The van der Waals surface area contributed by atoms with Crippen LogP contribution in [0.2, 0.25) is 0 Å². The second-order valence-corrected chi connectivity index (χ2v) is 3.86. The molecule has 90 valence electrons. The Hall–Kier alpha value is -0.820. The SMILES string of the molecule is Cl.NC[C@H](N)c1c(Br)ccc(C(=O)O)c1O. The number of rotatable bonds is 3. The Bertz CT molecular complexity index is 401. The number of benzene rings is 1. The summed E-state index contributed by atoms with van der Waals surface area (Å²) in [5.41, 5.74) is 11.2. The van der Waals surface area contributed by atoms with Gasteiger partial charge in [-0.25, -0.2) is 4.79 Å². The quantitative estimate of drug-likeness (QED) is 0.671. The minimum absolute atomic E-state index is 0. The number of hydrogen-bond acceptors (Lipinski definition) is 4. The number of carboxylic acids is 1. The highest BCUT2D eigenvalue weighted by Crippen LogP contribution is 2.33. The zero-order chi connectivity index (χ0) is 11.6. The van der Waals surface area contributed by atoms with Crippen LogP contribution in [0.4, 0.5) is 0 Å². The second-order valence-electron chi connectivity index (χ2n) is 3.00. The van der Waals surface area contributed by atoms with Crippen molar-refractivity contribution in [1.29, 1.82) is 0 Å². The summed E-state index contributed by atoms with van der Waals surface area (Å²) in [7, 11) is 0. The fourth-order valence-corrected chi connectivity index (χ4v) is 1.84. The number of carbonyl (C=O) groups is 1. The van der Waals surface area contributed by atoms with Gasteiger partial charge in [0.2, 0.25) is 0 Å². The smallest absolute Gasteiger partial charge is 0.339 e. The largest absolute Gasteiger partial charge is 0.507 e. The van der Waals surface area contributed by atoms with Crippen LogP contribution in [0, 0.1) is 0 Å². The fraction of sp³-hybridized carbons (Fsp3) is 0.222. The summed E-state index contributed by atoms with van der Waals surface area (Å²) in [4.78, 5) is 10.7. The Morgan fingerprint density at radius 3 is 2.50 bits per heavy atom. The number of carboxylic acid groups (broad SMARTS) is 1. The van der Waals surface area contributed by atoms with Crippen LogP contribution in [0.25, 0.3) is 0 Å².